The summed E-state index contributed by atoms with van der Waals surface area (Å²) in [6, 6.07) is 5.74. The summed E-state index contributed by atoms with van der Waals surface area (Å²) in [6.07, 6.45) is 1.10. The van der Waals surface area contributed by atoms with Crippen molar-refractivity contribution in [3.05, 3.63) is 28.8 Å². The number of ether oxygens (including phenoxy) is 1. The number of nitrogens with one attached hydrogen (secondary N) is 2. The van der Waals surface area contributed by atoms with Gasteiger partial charge in [-0.05, 0) is 52.4 Å². The Kier molecular flexibility index (Phi) is 6.63. The summed E-state index contributed by atoms with van der Waals surface area (Å²) >= 11 is 5.93. The van der Waals surface area contributed by atoms with Crippen LogP contribution in [0.15, 0.2) is 18.2 Å². The van der Waals surface area contributed by atoms with Crippen molar-refractivity contribution < 1.29 is 4.74 Å². The molecule has 0 radical (unpaired) electrons. The van der Waals surface area contributed by atoms with E-state index in [1.807, 2.05) is 18.2 Å². The third kappa shape index (κ3) is 6.81. The molecule has 2 N–H and O–H groups in total. The van der Waals surface area contributed by atoms with Crippen molar-refractivity contribution in [2.45, 2.75) is 39.3 Å². The molecule has 1 rings (SSSR count). The maximum absolute atomic E-state index is 5.93. The lowest BCUT2D eigenvalue weighted by Gasteiger charge is -2.20. The number of methoxy groups -OCH3 is 1. The predicted molar refractivity (Wildman–Crippen MR) is 82.1 cm³/mol. The van der Waals surface area contributed by atoms with Crippen LogP contribution < -0.4 is 15.4 Å². The highest BCUT2D eigenvalue weighted by molar-refractivity contribution is 6.30. The zero-order valence-corrected chi connectivity index (χ0v) is 13.1. The quantitative estimate of drug-likeness (QED) is 0.754. The Bertz CT molecular complexity index is 388. The Labute approximate surface area is 121 Å². The van der Waals surface area contributed by atoms with Crippen molar-refractivity contribution in [2.24, 2.45) is 0 Å². The van der Waals surface area contributed by atoms with Gasteiger partial charge in [-0.1, -0.05) is 17.7 Å². The fourth-order valence-electron chi connectivity index (χ4n) is 1.76. The maximum atomic E-state index is 5.93. The fraction of sp³-hybridized carbons (Fsp3) is 0.600. The van der Waals surface area contributed by atoms with E-state index in [4.69, 9.17) is 16.3 Å². The Morgan fingerprint density at radius 2 is 1.95 bits per heavy atom. The van der Waals surface area contributed by atoms with Gasteiger partial charge in [-0.25, -0.2) is 0 Å². The Hall–Kier alpha value is -0.770. The molecule has 0 spiro atoms. The Morgan fingerprint density at radius 3 is 2.58 bits per heavy atom. The third-order valence-electron chi connectivity index (χ3n) is 2.75. The molecule has 1 aromatic carbocycles. The smallest absolute Gasteiger partial charge is 0.124 e. The minimum atomic E-state index is 0.194. The monoisotopic (exact) mass is 284 g/mol. The van der Waals surface area contributed by atoms with Gasteiger partial charge in [0, 0.05) is 22.7 Å². The minimum absolute atomic E-state index is 0.194. The summed E-state index contributed by atoms with van der Waals surface area (Å²) in [6.45, 7) is 9.34. The fourth-order valence-corrected chi connectivity index (χ4v) is 1.93. The number of hydrogen-bond acceptors (Lipinski definition) is 3. The SMILES string of the molecule is COc1cc(Cl)ccc1CNCCCNC(C)(C)C. The highest BCUT2D eigenvalue weighted by Crippen LogP contribution is 2.22. The minimum Gasteiger partial charge on any atom is -0.496 e. The molecule has 0 fully saturated rings. The van der Waals surface area contributed by atoms with Crippen LogP contribution in [-0.2, 0) is 6.54 Å². The molecule has 0 amide bonds. The van der Waals surface area contributed by atoms with Crippen LogP contribution in [0.1, 0.15) is 32.8 Å². The molecule has 4 heteroatoms. The molecular formula is C15H25ClN2O. The molecule has 0 atom stereocenters. The summed E-state index contributed by atoms with van der Waals surface area (Å²) in [5, 5.41) is 7.59. The van der Waals surface area contributed by atoms with Crippen molar-refractivity contribution in [2.75, 3.05) is 20.2 Å². The summed E-state index contributed by atoms with van der Waals surface area (Å²) < 4.78 is 5.31. The first-order valence-corrected chi connectivity index (χ1v) is 7.08. The van der Waals surface area contributed by atoms with E-state index < -0.39 is 0 Å². The first-order chi connectivity index (χ1) is 8.92. The van der Waals surface area contributed by atoms with Crippen molar-refractivity contribution >= 4 is 11.6 Å². The number of halogens is 1. The van der Waals surface area contributed by atoms with E-state index in [2.05, 4.69) is 31.4 Å². The van der Waals surface area contributed by atoms with Gasteiger partial charge >= 0.3 is 0 Å². The molecule has 0 heterocycles. The largest absolute Gasteiger partial charge is 0.496 e. The van der Waals surface area contributed by atoms with Crippen LogP contribution in [0.3, 0.4) is 0 Å². The van der Waals surface area contributed by atoms with E-state index in [1.54, 1.807) is 7.11 Å². The van der Waals surface area contributed by atoms with Crippen LogP contribution in [0, 0.1) is 0 Å². The van der Waals surface area contributed by atoms with Crippen LogP contribution in [0.25, 0.3) is 0 Å². The van der Waals surface area contributed by atoms with Gasteiger partial charge in [-0.15, -0.1) is 0 Å². The Balaban J connectivity index is 2.26. The van der Waals surface area contributed by atoms with Crippen molar-refractivity contribution in [1.29, 1.82) is 0 Å². The van der Waals surface area contributed by atoms with Crippen LogP contribution in [0.4, 0.5) is 0 Å². The van der Waals surface area contributed by atoms with Gasteiger partial charge in [0.25, 0.3) is 0 Å². The molecule has 0 aliphatic rings. The highest BCUT2D eigenvalue weighted by Gasteiger charge is 2.07. The van der Waals surface area contributed by atoms with E-state index >= 15 is 0 Å². The molecule has 1 aromatic rings. The molecular weight excluding hydrogens is 260 g/mol. The van der Waals surface area contributed by atoms with Gasteiger partial charge in [0.1, 0.15) is 5.75 Å². The van der Waals surface area contributed by atoms with E-state index in [-0.39, 0.29) is 5.54 Å². The highest BCUT2D eigenvalue weighted by atomic mass is 35.5. The lowest BCUT2D eigenvalue weighted by atomic mass is 10.1. The lowest BCUT2D eigenvalue weighted by Crippen LogP contribution is -2.37. The van der Waals surface area contributed by atoms with Crippen molar-refractivity contribution in [3.63, 3.8) is 0 Å². The second kappa shape index (κ2) is 7.73. The van der Waals surface area contributed by atoms with E-state index in [9.17, 15) is 0 Å². The average Bonchev–Trinajstić information content (AvgIpc) is 2.33. The molecule has 0 aromatic heterocycles. The van der Waals surface area contributed by atoms with Crippen LogP contribution in [0.2, 0.25) is 5.02 Å². The molecule has 19 heavy (non-hydrogen) atoms. The molecule has 3 nitrogen and oxygen atoms in total. The van der Waals surface area contributed by atoms with Crippen LogP contribution in [0.5, 0.6) is 5.75 Å². The molecule has 108 valence electrons. The maximum Gasteiger partial charge on any atom is 0.124 e. The van der Waals surface area contributed by atoms with E-state index in [0.717, 1.165) is 37.4 Å². The van der Waals surface area contributed by atoms with Gasteiger partial charge in [0.15, 0.2) is 0 Å². The third-order valence-corrected chi connectivity index (χ3v) is 2.99. The number of rotatable bonds is 7. The second-order valence-electron chi connectivity index (χ2n) is 5.66. The number of hydrogen-bond donors (Lipinski definition) is 2. The summed E-state index contributed by atoms with van der Waals surface area (Å²) in [5.74, 6) is 0.841. The van der Waals surface area contributed by atoms with Gasteiger partial charge in [-0.3, -0.25) is 0 Å². The van der Waals surface area contributed by atoms with E-state index in [0.29, 0.717) is 5.02 Å². The van der Waals surface area contributed by atoms with Gasteiger partial charge in [0.2, 0.25) is 0 Å². The molecule has 0 unspecified atom stereocenters. The van der Waals surface area contributed by atoms with Crippen LogP contribution in [-0.4, -0.2) is 25.7 Å². The van der Waals surface area contributed by atoms with Crippen molar-refractivity contribution in [1.82, 2.24) is 10.6 Å². The first kappa shape index (κ1) is 16.3. The first-order valence-electron chi connectivity index (χ1n) is 6.70. The van der Waals surface area contributed by atoms with Gasteiger partial charge in [0.05, 0.1) is 7.11 Å². The van der Waals surface area contributed by atoms with E-state index in [1.165, 1.54) is 0 Å². The number of benzene rings is 1. The van der Waals surface area contributed by atoms with Crippen molar-refractivity contribution in [3.8, 4) is 5.75 Å². The zero-order chi connectivity index (χ0) is 14.3. The van der Waals surface area contributed by atoms with Crippen LogP contribution >= 0.6 is 11.6 Å². The summed E-state index contributed by atoms with van der Waals surface area (Å²) in [7, 11) is 1.67. The summed E-state index contributed by atoms with van der Waals surface area (Å²) in [4.78, 5) is 0. The summed E-state index contributed by atoms with van der Waals surface area (Å²) in [5.41, 5.74) is 1.33. The normalized spacial score (nSPS) is 11.6. The molecule has 0 saturated carbocycles. The Morgan fingerprint density at radius 1 is 1.21 bits per heavy atom. The predicted octanol–water partition coefficient (Wildman–Crippen LogP) is 3.22. The van der Waals surface area contributed by atoms with Gasteiger partial charge < -0.3 is 15.4 Å². The molecule has 0 saturated heterocycles. The second-order valence-corrected chi connectivity index (χ2v) is 6.10. The molecule has 0 aliphatic carbocycles. The molecule has 0 bridgehead atoms. The standard InChI is InChI=1S/C15H25ClN2O/c1-15(2,3)18-9-5-8-17-11-12-6-7-13(16)10-14(12)19-4/h6-7,10,17-18H,5,8-9,11H2,1-4H3. The average molecular weight is 285 g/mol. The topological polar surface area (TPSA) is 33.3 Å². The molecule has 0 aliphatic heterocycles. The zero-order valence-electron chi connectivity index (χ0n) is 12.3. The van der Waals surface area contributed by atoms with Gasteiger partial charge in [-0.2, -0.15) is 0 Å². The lowest BCUT2D eigenvalue weighted by molar-refractivity contribution is 0.405.